The molecule has 2 heterocycles. The van der Waals surface area contributed by atoms with Crippen LogP contribution in [0.1, 0.15) is 0 Å². The first-order valence-corrected chi connectivity index (χ1v) is 8.98. The number of piperazine rings is 1. The molecule has 7 heteroatoms. The summed E-state index contributed by atoms with van der Waals surface area (Å²) in [5, 5.41) is 11.6. The van der Waals surface area contributed by atoms with E-state index in [0.29, 0.717) is 11.8 Å². The standard InChI is InChI=1S/C20H22N6O/c1-27-18-10-6-5-9-17(18)25-11-13-26(14-12-25)20-23-19(15-21-24-20)22-16-7-3-2-4-8-16/h2-10,15H,11-14H2,1H3,(H,22,23,24). The van der Waals surface area contributed by atoms with E-state index >= 15 is 0 Å². The van der Waals surface area contributed by atoms with Gasteiger partial charge in [-0.25, -0.2) is 0 Å². The molecule has 7 nitrogen and oxygen atoms in total. The Labute approximate surface area is 158 Å². The summed E-state index contributed by atoms with van der Waals surface area (Å²) in [7, 11) is 1.71. The largest absolute Gasteiger partial charge is 0.495 e. The summed E-state index contributed by atoms with van der Waals surface area (Å²) in [4.78, 5) is 9.11. The van der Waals surface area contributed by atoms with Crippen molar-refractivity contribution >= 4 is 23.1 Å². The van der Waals surface area contributed by atoms with Crippen molar-refractivity contribution < 1.29 is 4.74 Å². The van der Waals surface area contributed by atoms with Gasteiger partial charge in [-0.3, -0.25) is 0 Å². The number of para-hydroxylation sites is 3. The smallest absolute Gasteiger partial charge is 0.247 e. The van der Waals surface area contributed by atoms with Crippen molar-refractivity contribution in [2.45, 2.75) is 0 Å². The quantitative estimate of drug-likeness (QED) is 0.748. The fourth-order valence-electron chi connectivity index (χ4n) is 3.20. The molecular weight excluding hydrogens is 340 g/mol. The number of nitrogens with one attached hydrogen (secondary N) is 1. The lowest BCUT2D eigenvalue weighted by Gasteiger charge is -2.36. The number of rotatable bonds is 5. The number of ether oxygens (including phenoxy) is 1. The van der Waals surface area contributed by atoms with E-state index < -0.39 is 0 Å². The molecule has 0 saturated carbocycles. The Balaban J connectivity index is 1.43. The van der Waals surface area contributed by atoms with Crippen LogP contribution in [-0.4, -0.2) is 48.5 Å². The molecule has 1 aliphatic heterocycles. The summed E-state index contributed by atoms with van der Waals surface area (Å²) in [6.45, 7) is 3.41. The number of benzene rings is 2. The first-order chi connectivity index (χ1) is 13.3. The molecule has 0 radical (unpaired) electrons. The van der Waals surface area contributed by atoms with Crippen LogP contribution in [0.4, 0.5) is 23.1 Å². The van der Waals surface area contributed by atoms with Crippen LogP contribution >= 0.6 is 0 Å². The summed E-state index contributed by atoms with van der Waals surface area (Å²) < 4.78 is 5.48. The number of hydrogen-bond acceptors (Lipinski definition) is 7. The van der Waals surface area contributed by atoms with Gasteiger partial charge < -0.3 is 19.9 Å². The molecule has 2 aromatic carbocycles. The zero-order valence-electron chi connectivity index (χ0n) is 15.2. The van der Waals surface area contributed by atoms with E-state index in [0.717, 1.165) is 43.3 Å². The highest BCUT2D eigenvalue weighted by molar-refractivity contribution is 5.60. The minimum atomic E-state index is 0.649. The number of hydrogen-bond donors (Lipinski definition) is 1. The van der Waals surface area contributed by atoms with Crippen molar-refractivity contribution in [3.8, 4) is 5.75 Å². The molecule has 138 valence electrons. The molecule has 1 fully saturated rings. The summed E-state index contributed by atoms with van der Waals surface area (Å²) in [5.41, 5.74) is 2.10. The lowest BCUT2D eigenvalue weighted by molar-refractivity contribution is 0.413. The third-order valence-corrected chi connectivity index (χ3v) is 4.58. The number of nitrogens with zero attached hydrogens (tertiary/aromatic N) is 5. The second-order valence-electron chi connectivity index (χ2n) is 6.28. The van der Waals surface area contributed by atoms with Gasteiger partial charge in [0.25, 0.3) is 0 Å². The zero-order valence-corrected chi connectivity index (χ0v) is 15.2. The third-order valence-electron chi connectivity index (χ3n) is 4.58. The van der Waals surface area contributed by atoms with Gasteiger partial charge in [-0.2, -0.15) is 10.1 Å². The second-order valence-corrected chi connectivity index (χ2v) is 6.28. The summed E-state index contributed by atoms with van der Waals surface area (Å²) in [6.07, 6.45) is 1.64. The van der Waals surface area contributed by atoms with Crippen LogP contribution in [0.3, 0.4) is 0 Å². The van der Waals surface area contributed by atoms with Crippen molar-refractivity contribution in [2.24, 2.45) is 0 Å². The van der Waals surface area contributed by atoms with Crippen molar-refractivity contribution in [3.05, 3.63) is 60.8 Å². The molecule has 1 saturated heterocycles. The Bertz CT molecular complexity index is 880. The first kappa shape index (κ1) is 17.1. The Morgan fingerprint density at radius 3 is 2.37 bits per heavy atom. The molecule has 27 heavy (non-hydrogen) atoms. The van der Waals surface area contributed by atoms with E-state index in [1.54, 1.807) is 13.3 Å². The van der Waals surface area contributed by atoms with Crippen LogP contribution < -0.4 is 19.9 Å². The van der Waals surface area contributed by atoms with Crippen molar-refractivity contribution in [1.82, 2.24) is 15.2 Å². The Morgan fingerprint density at radius 2 is 1.59 bits per heavy atom. The van der Waals surface area contributed by atoms with Gasteiger partial charge in [0.1, 0.15) is 5.75 Å². The Morgan fingerprint density at radius 1 is 0.889 bits per heavy atom. The van der Waals surface area contributed by atoms with Crippen LogP contribution in [0, 0.1) is 0 Å². The lowest BCUT2D eigenvalue weighted by Crippen LogP contribution is -2.47. The van der Waals surface area contributed by atoms with Crippen LogP contribution in [-0.2, 0) is 0 Å². The van der Waals surface area contributed by atoms with Gasteiger partial charge >= 0.3 is 0 Å². The lowest BCUT2D eigenvalue weighted by atomic mass is 10.2. The fourth-order valence-corrected chi connectivity index (χ4v) is 3.20. The molecule has 4 rings (SSSR count). The monoisotopic (exact) mass is 362 g/mol. The summed E-state index contributed by atoms with van der Waals surface area (Å²) >= 11 is 0. The molecular formula is C20H22N6O. The predicted octanol–water partition coefficient (Wildman–Crippen LogP) is 2.95. The molecule has 3 aromatic rings. The van der Waals surface area contributed by atoms with Gasteiger partial charge in [0.05, 0.1) is 19.0 Å². The maximum atomic E-state index is 5.48. The highest BCUT2D eigenvalue weighted by Crippen LogP contribution is 2.28. The maximum Gasteiger partial charge on any atom is 0.247 e. The van der Waals surface area contributed by atoms with Gasteiger partial charge in [-0.05, 0) is 24.3 Å². The van der Waals surface area contributed by atoms with Gasteiger partial charge in [0.2, 0.25) is 5.95 Å². The number of anilines is 4. The maximum absolute atomic E-state index is 5.48. The normalized spacial score (nSPS) is 14.1. The van der Waals surface area contributed by atoms with E-state index in [1.165, 1.54) is 0 Å². The molecule has 1 N–H and O–H groups in total. The van der Waals surface area contributed by atoms with E-state index in [1.807, 2.05) is 48.5 Å². The van der Waals surface area contributed by atoms with Crippen molar-refractivity contribution in [1.29, 1.82) is 0 Å². The number of methoxy groups -OCH3 is 1. The molecule has 0 atom stereocenters. The third kappa shape index (κ3) is 3.92. The minimum absolute atomic E-state index is 0.649. The van der Waals surface area contributed by atoms with Gasteiger partial charge in [0, 0.05) is 31.9 Å². The zero-order chi connectivity index (χ0) is 18.5. The van der Waals surface area contributed by atoms with Crippen molar-refractivity contribution in [3.63, 3.8) is 0 Å². The summed E-state index contributed by atoms with van der Waals surface area (Å²) in [5.74, 6) is 2.24. The molecule has 0 amide bonds. The minimum Gasteiger partial charge on any atom is -0.495 e. The van der Waals surface area contributed by atoms with E-state index in [4.69, 9.17) is 4.74 Å². The second kappa shape index (κ2) is 7.90. The number of aromatic nitrogens is 3. The first-order valence-electron chi connectivity index (χ1n) is 8.98. The van der Waals surface area contributed by atoms with E-state index in [-0.39, 0.29) is 0 Å². The Kier molecular flexibility index (Phi) is 5.00. The van der Waals surface area contributed by atoms with Gasteiger partial charge in [0.15, 0.2) is 5.82 Å². The topological polar surface area (TPSA) is 66.4 Å². The fraction of sp³-hybridized carbons (Fsp3) is 0.250. The van der Waals surface area contributed by atoms with Crippen LogP contribution in [0.2, 0.25) is 0 Å². The molecule has 0 aliphatic carbocycles. The van der Waals surface area contributed by atoms with Crippen LogP contribution in [0.5, 0.6) is 5.75 Å². The predicted molar refractivity (Wildman–Crippen MR) is 107 cm³/mol. The van der Waals surface area contributed by atoms with E-state index in [2.05, 4.69) is 36.4 Å². The van der Waals surface area contributed by atoms with Crippen LogP contribution in [0.25, 0.3) is 0 Å². The molecule has 0 bridgehead atoms. The highest BCUT2D eigenvalue weighted by Gasteiger charge is 2.21. The molecule has 1 aliphatic rings. The average Bonchev–Trinajstić information content (AvgIpc) is 2.75. The van der Waals surface area contributed by atoms with Gasteiger partial charge in [-0.1, -0.05) is 30.3 Å². The summed E-state index contributed by atoms with van der Waals surface area (Å²) in [6, 6.07) is 18.0. The molecule has 0 unspecified atom stereocenters. The van der Waals surface area contributed by atoms with Crippen molar-refractivity contribution in [2.75, 3.05) is 48.4 Å². The molecule has 1 aromatic heterocycles. The molecule has 0 spiro atoms. The van der Waals surface area contributed by atoms with E-state index in [9.17, 15) is 0 Å². The SMILES string of the molecule is COc1ccccc1N1CCN(c2nncc(Nc3ccccc3)n2)CC1. The average molecular weight is 362 g/mol. The van der Waals surface area contributed by atoms with Crippen LogP contribution in [0.15, 0.2) is 60.8 Å². The highest BCUT2D eigenvalue weighted by atomic mass is 16.5. The van der Waals surface area contributed by atoms with Gasteiger partial charge in [-0.15, -0.1) is 5.10 Å². The Hall–Kier alpha value is -3.35.